The fourth-order valence-electron chi connectivity index (χ4n) is 1.28. The van der Waals surface area contributed by atoms with Crippen molar-refractivity contribution in [3.05, 3.63) is 28.7 Å². The highest BCUT2D eigenvalue weighted by atomic mass is 79.9. The summed E-state index contributed by atoms with van der Waals surface area (Å²) in [6, 6.07) is 8.16. The van der Waals surface area contributed by atoms with Crippen molar-refractivity contribution in [2.75, 3.05) is 32.1 Å². The van der Waals surface area contributed by atoms with Crippen molar-refractivity contribution in [2.45, 2.75) is 13.0 Å². The van der Waals surface area contributed by atoms with Crippen LogP contribution in [0.2, 0.25) is 0 Å². The van der Waals surface area contributed by atoms with E-state index in [9.17, 15) is 0 Å². The van der Waals surface area contributed by atoms with Gasteiger partial charge in [-0.15, -0.1) is 0 Å². The fraction of sp³-hybridized carbons (Fsp3) is 0.500. The van der Waals surface area contributed by atoms with E-state index in [4.69, 9.17) is 4.74 Å². The van der Waals surface area contributed by atoms with Crippen LogP contribution in [0, 0.1) is 0 Å². The first kappa shape index (κ1) is 13.5. The Kier molecular flexibility index (Phi) is 6.45. The van der Waals surface area contributed by atoms with Gasteiger partial charge in [0.05, 0.1) is 6.10 Å². The van der Waals surface area contributed by atoms with Crippen LogP contribution in [-0.2, 0) is 4.74 Å². The third kappa shape index (κ3) is 5.49. The molecule has 4 heteroatoms. The molecule has 0 aromatic heterocycles. The first-order chi connectivity index (χ1) is 7.72. The zero-order valence-electron chi connectivity index (χ0n) is 9.79. The first-order valence-corrected chi connectivity index (χ1v) is 6.24. The number of benzene rings is 1. The van der Waals surface area contributed by atoms with Gasteiger partial charge in [-0.25, -0.2) is 0 Å². The highest BCUT2D eigenvalue weighted by Crippen LogP contribution is 2.14. The Balaban J connectivity index is 2.12. The minimum Gasteiger partial charge on any atom is -0.384 e. The molecule has 1 aromatic rings. The van der Waals surface area contributed by atoms with E-state index in [1.165, 1.54) is 0 Å². The molecule has 90 valence electrons. The highest BCUT2D eigenvalue weighted by Gasteiger charge is 1.97. The van der Waals surface area contributed by atoms with E-state index in [1.54, 1.807) is 7.11 Å². The van der Waals surface area contributed by atoms with Crippen molar-refractivity contribution in [3.8, 4) is 0 Å². The van der Waals surface area contributed by atoms with Gasteiger partial charge in [-0.1, -0.05) is 22.0 Å². The zero-order valence-corrected chi connectivity index (χ0v) is 11.4. The monoisotopic (exact) mass is 286 g/mol. The largest absolute Gasteiger partial charge is 0.384 e. The third-order valence-electron chi connectivity index (χ3n) is 2.29. The molecule has 1 atom stereocenters. The Bertz CT molecular complexity index is 307. The molecule has 1 unspecified atom stereocenters. The predicted molar refractivity (Wildman–Crippen MR) is 72.0 cm³/mol. The molecule has 1 rings (SSSR count). The minimum atomic E-state index is 0.269. The van der Waals surface area contributed by atoms with Crippen molar-refractivity contribution in [1.29, 1.82) is 0 Å². The van der Waals surface area contributed by atoms with E-state index >= 15 is 0 Å². The van der Waals surface area contributed by atoms with E-state index in [1.807, 2.05) is 12.1 Å². The molecular formula is C12H19BrN2O. The Hall–Kier alpha value is -0.580. The lowest BCUT2D eigenvalue weighted by molar-refractivity contribution is 0.117. The highest BCUT2D eigenvalue weighted by molar-refractivity contribution is 9.10. The lowest BCUT2D eigenvalue weighted by Gasteiger charge is -2.11. The summed E-state index contributed by atoms with van der Waals surface area (Å²) in [6.07, 6.45) is 0.269. The zero-order chi connectivity index (χ0) is 11.8. The molecule has 0 aliphatic carbocycles. The predicted octanol–water partition coefficient (Wildman–Crippen LogP) is 2.49. The Labute approximate surface area is 106 Å². The molecule has 0 aliphatic heterocycles. The molecule has 0 saturated heterocycles. The minimum absolute atomic E-state index is 0.269. The standard InChI is InChI=1S/C12H19BrN2O/c1-10(16-2)9-14-6-7-15-12-5-3-4-11(13)8-12/h3-5,8,10,14-15H,6-7,9H2,1-2H3. The maximum atomic E-state index is 5.14. The van der Waals surface area contributed by atoms with Crippen LogP contribution in [0.1, 0.15) is 6.92 Å². The summed E-state index contributed by atoms with van der Waals surface area (Å²) in [6.45, 7) is 4.78. The topological polar surface area (TPSA) is 33.3 Å². The van der Waals surface area contributed by atoms with Gasteiger partial charge in [0.25, 0.3) is 0 Å². The summed E-state index contributed by atoms with van der Waals surface area (Å²) >= 11 is 3.44. The normalized spacial score (nSPS) is 12.4. The molecule has 16 heavy (non-hydrogen) atoms. The number of halogens is 1. The Morgan fingerprint density at radius 3 is 2.88 bits per heavy atom. The average Bonchev–Trinajstić information content (AvgIpc) is 2.28. The number of anilines is 1. The summed E-state index contributed by atoms with van der Waals surface area (Å²) < 4.78 is 6.24. The number of hydrogen-bond donors (Lipinski definition) is 2. The first-order valence-electron chi connectivity index (χ1n) is 5.45. The molecule has 0 spiro atoms. The fourth-order valence-corrected chi connectivity index (χ4v) is 1.68. The van der Waals surface area contributed by atoms with Gasteiger partial charge in [0.2, 0.25) is 0 Å². The van der Waals surface area contributed by atoms with Crippen molar-refractivity contribution in [2.24, 2.45) is 0 Å². The Morgan fingerprint density at radius 2 is 2.19 bits per heavy atom. The van der Waals surface area contributed by atoms with Crippen molar-refractivity contribution >= 4 is 21.6 Å². The maximum Gasteiger partial charge on any atom is 0.0667 e. The number of rotatable bonds is 7. The lowest BCUT2D eigenvalue weighted by atomic mass is 10.3. The van der Waals surface area contributed by atoms with E-state index in [0.717, 1.165) is 29.8 Å². The van der Waals surface area contributed by atoms with Gasteiger partial charge in [-0.3, -0.25) is 0 Å². The lowest BCUT2D eigenvalue weighted by Crippen LogP contribution is -2.30. The van der Waals surface area contributed by atoms with E-state index in [-0.39, 0.29) is 6.10 Å². The number of ether oxygens (including phenoxy) is 1. The van der Waals surface area contributed by atoms with Crippen LogP contribution in [-0.4, -0.2) is 32.8 Å². The second kappa shape index (κ2) is 7.65. The molecule has 3 nitrogen and oxygen atoms in total. The van der Waals surface area contributed by atoms with E-state index in [0.29, 0.717) is 0 Å². The van der Waals surface area contributed by atoms with Gasteiger partial charge >= 0.3 is 0 Å². The van der Waals surface area contributed by atoms with Gasteiger partial charge in [0.1, 0.15) is 0 Å². The third-order valence-corrected chi connectivity index (χ3v) is 2.78. The molecular weight excluding hydrogens is 268 g/mol. The van der Waals surface area contributed by atoms with Gasteiger partial charge in [0.15, 0.2) is 0 Å². The second-order valence-electron chi connectivity index (χ2n) is 3.69. The van der Waals surface area contributed by atoms with Crippen molar-refractivity contribution in [3.63, 3.8) is 0 Å². The van der Waals surface area contributed by atoms with Gasteiger partial charge < -0.3 is 15.4 Å². The summed E-state index contributed by atoms with van der Waals surface area (Å²) in [5, 5.41) is 6.67. The number of methoxy groups -OCH3 is 1. The number of hydrogen-bond acceptors (Lipinski definition) is 3. The summed E-state index contributed by atoms with van der Waals surface area (Å²) in [7, 11) is 1.73. The molecule has 0 radical (unpaired) electrons. The second-order valence-corrected chi connectivity index (χ2v) is 4.60. The average molecular weight is 287 g/mol. The summed E-state index contributed by atoms with van der Waals surface area (Å²) in [5.74, 6) is 0. The Morgan fingerprint density at radius 1 is 1.38 bits per heavy atom. The van der Waals surface area contributed by atoms with Crippen LogP contribution in [0.25, 0.3) is 0 Å². The maximum absolute atomic E-state index is 5.14. The molecule has 1 aromatic carbocycles. The molecule has 0 bridgehead atoms. The van der Waals surface area contributed by atoms with Crippen LogP contribution in [0.3, 0.4) is 0 Å². The molecule has 0 aliphatic rings. The van der Waals surface area contributed by atoms with Crippen LogP contribution in [0.15, 0.2) is 28.7 Å². The molecule has 0 heterocycles. The van der Waals surface area contributed by atoms with E-state index in [2.05, 4.69) is 45.6 Å². The quantitative estimate of drug-likeness (QED) is 0.756. The van der Waals surface area contributed by atoms with Crippen LogP contribution < -0.4 is 10.6 Å². The summed E-state index contributed by atoms with van der Waals surface area (Å²) in [4.78, 5) is 0. The molecule has 2 N–H and O–H groups in total. The summed E-state index contributed by atoms with van der Waals surface area (Å²) in [5.41, 5.74) is 1.14. The van der Waals surface area contributed by atoms with Crippen molar-refractivity contribution < 1.29 is 4.74 Å². The van der Waals surface area contributed by atoms with Crippen LogP contribution >= 0.6 is 15.9 Å². The van der Waals surface area contributed by atoms with Crippen LogP contribution in [0.5, 0.6) is 0 Å². The van der Waals surface area contributed by atoms with Crippen molar-refractivity contribution in [1.82, 2.24) is 5.32 Å². The van der Waals surface area contributed by atoms with E-state index < -0.39 is 0 Å². The van der Waals surface area contributed by atoms with Gasteiger partial charge in [-0.2, -0.15) is 0 Å². The van der Waals surface area contributed by atoms with Gasteiger partial charge in [0, 0.05) is 36.9 Å². The molecule has 0 fully saturated rings. The number of nitrogens with one attached hydrogen (secondary N) is 2. The molecule has 0 amide bonds. The molecule has 0 saturated carbocycles. The van der Waals surface area contributed by atoms with Gasteiger partial charge in [-0.05, 0) is 25.1 Å². The smallest absolute Gasteiger partial charge is 0.0667 e. The SMILES string of the molecule is COC(C)CNCCNc1cccc(Br)c1. The van der Waals surface area contributed by atoms with Crippen LogP contribution in [0.4, 0.5) is 5.69 Å².